The van der Waals surface area contributed by atoms with E-state index in [1.54, 1.807) is 53.4 Å². The molecule has 0 fully saturated rings. The summed E-state index contributed by atoms with van der Waals surface area (Å²) in [6.45, 7) is -0.0532. The number of furan rings is 1. The molecule has 0 bridgehead atoms. The lowest BCUT2D eigenvalue weighted by molar-refractivity contribution is -0.119. The number of ether oxygens (including phenoxy) is 1. The van der Waals surface area contributed by atoms with Gasteiger partial charge in [-0.25, -0.2) is 4.68 Å². The van der Waals surface area contributed by atoms with Gasteiger partial charge < -0.3 is 19.8 Å². The van der Waals surface area contributed by atoms with Crippen LogP contribution in [0.3, 0.4) is 0 Å². The maximum Gasteiger partial charge on any atom is 0.274 e. The molecular formula is C23H20N4O4. The van der Waals surface area contributed by atoms with Gasteiger partial charge in [-0.05, 0) is 42.5 Å². The van der Waals surface area contributed by atoms with E-state index in [1.807, 2.05) is 30.3 Å². The molecule has 0 aliphatic rings. The first-order valence-corrected chi connectivity index (χ1v) is 9.53. The zero-order chi connectivity index (χ0) is 21.6. The molecule has 0 atom stereocenters. The third-order valence-electron chi connectivity index (χ3n) is 4.40. The number of methoxy groups -OCH3 is 1. The Morgan fingerprint density at radius 2 is 1.74 bits per heavy atom. The van der Waals surface area contributed by atoms with E-state index in [0.29, 0.717) is 28.5 Å². The second-order valence-electron chi connectivity index (χ2n) is 6.66. The molecule has 0 aliphatic heterocycles. The van der Waals surface area contributed by atoms with Crippen molar-refractivity contribution in [3.63, 3.8) is 0 Å². The van der Waals surface area contributed by atoms with Gasteiger partial charge in [-0.15, -0.1) is 0 Å². The molecule has 4 rings (SSSR count). The van der Waals surface area contributed by atoms with Gasteiger partial charge in [0.2, 0.25) is 5.91 Å². The average Bonchev–Trinajstić information content (AvgIpc) is 3.45. The highest BCUT2D eigenvalue weighted by atomic mass is 16.5. The van der Waals surface area contributed by atoms with E-state index in [4.69, 9.17) is 9.15 Å². The number of carbonyl (C=O) groups is 2. The minimum Gasteiger partial charge on any atom is -0.463 e. The smallest absolute Gasteiger partial charge is 0.274 e. The van der Waals surface area contributed by atoms with Gasteiger partial charge in [-0.1, -0.05) is 24.3 Å². The summed E-state index contributed by atoms with van der Waals surface area (Å²) < 4.78 is 11.8. The van der Waals surface area contributed by atoms with Crippen molar-refractivity contribution in [2.24, 2.45) is 0 Å². The van der Waals surface area contributed by atoms with Gasteiger partial charge in [0.1, 0.15) is 18.0 Å². The summed E-state index contributed by atoms with van der Waals surface area (Å²) in [6, 6.07) is 21.5. The number of benzene rings is 2. The number of para-hydroxylation sites is 1. The second kappa shape index (κ2) is 9.10. The zero-order valence-electron chi connectivity index (χ0n) is 16.7. The van der Waals surface area contributed by atoms with Crippen LogP contribution in [0.4, 0.5) is 11.4 Å². The quantitative estimate of drug-likeness (QED) is 0.475. The summed E-state index contributed by atoms with van der Waals surface area (Å²) >= 11 is 0. The molecule has 2 aromatic heterocycles. The molecule has 0 unspecified atom stereocenters. The van der Waals surface area contributed by atoms with Gasteiger partial charge in [0.15, 0.2) is 5.76 Å². The summed E-state index contributed by atoms with van der Waals surface area (Å²) in [5.41, 5.74) is 2.70. The Hall–Kier alpha value is -4.17. The van der Waals surface area contributed by atoms with Gasteiger partial charge in [-0.2, -0.15) is 5.10 Å². The van der Waals surface area contributed by atoms with Crippen molar-refractivity contribution in [1.82, 2.24) is 9.78 Å². The number of nitrogens with zero attached hydrogens (tertiary/aromatic N) is 2. The minimum absolute atomic E-state index is 0.0532. The zero-order valence-corrected chi connectivity index (χ0v) is 16.7. The fourth-order valence-electron chi connectivity index (χ4n) is 3.05. The molecule has 0 spiro atoms. The number of nitrogens with one attached hydrogen (secondary N) is 2. The molecule has 8 heteroatoms. The van der Waals surface area contributed by atoms with Crippen molar-refractivity contribution in [2.45, 2.75) is 0 Å². The first-order valence-electron chi connectivity index (χ1n) is 9.53. The third kappa shape index (κ3) is 4.71. The van der Waals surface area contributed by atoms with Gasteiger partial charge in [-0.3, -0.25) is 9.59 Å². The van der Waals surface area contributed by atoms with E-state index in [2.05, 4.69) is 15.7 Å². The molecular weight excluding hydrogens is 396 g/mol. The van der Waals surface area contributed by atoms with Crippen LogP contribution >= 0.6 is 0 Å². The van der Waals surface area contributed by atoms with Crippen LogP contribution in [0.2, 0.25) is 0 Å². The number of carbonyl (C=O) groups excluding carboxylic acids is 2. The fraction of sp³-hybridized carbons (Fsp3) is 0.0870. The van der Waals surface area contributed by atoms with Crippen molar-refractivity contribution >= 4 is 23.2 Å². The molecule has 31 heavy (non-hydrogen) atoms. The van der Waals surface area contributed by atoms with Crippen LogP contribution in [0.25, 0.3) is 17.1 Å². The molecule has 8 nitrogen and oxygen atoms in total. The minimum atomic E-state index is -0.352. The molecule has 0 saturated heterocycles. The lowest BCUT2D eigenvalue weighted by Crippen LogP contribution is -2.18. The molecule has 2 amide bonds. The van der Waals surface area contributed by atoms with Gasteiger partial charge >= 0.3 is 0 Å². The molecule has 0 aliphatic carbocycles. The molecule has 4 aromatic rings. The molecule has 2 aromatic carbocycles. The van der Waals surface area contributed by atoms with E-state index in [9.17, 15) is 9.59 Å². The molecule has 2 N–H and O–H groups in total. The Balaban J connectivity index is 1.62. The second-order valence-corrected chi connectivity index (χ2v) is 6.66. The summed E-state index contributed by atoms with van der Waals surface area (Å²) in [6.07, 6.45) is 1.56. The highest BCUT2D eigenvalue weighted by Crippen LogP contribution is 2.23. The van der Waals surface area contributed by atoms with E-state index < -0.39 is 0 Å². The lowest BCUT2D eigenvalue weighted by atomic mass is 10.2. The van der Waals surface area contributed by atoms with Crippen LogP contribution in [0.5, 0.6) is 0 Å². The number of rotatable bonds is 7. The highest BCUT2D eigenvalue weighted by molar-refractivity contribution is 6.04. The molecule has 0 radical (unpaired) electrons. The predicted molar refractivity (Wildman–Crippen MR) is 116 cm³/mol. The van der Waals surface area contributed by atoms with Gasteiger partial charge in [0, 0.05) is 24.6 Å². The standard InChI is InChI=1S/C23H20N4O4/c1-30-15-22(28)24-16-7-5-8-17(13-16)25-23(29)20-14-19(21-11-6-12-31-21)26-27(20)18-9-3-2-4-10-18/h2-14H,15H2,1H3,(H,24,28)(H,25,29). The Morgan fingerprint density at radius 3 is 2.45 bits per heavy atom. The predicted octanol–water partition coefficient (Wildman–Crippen LogP) is 3.97. The summed E-state index contributed by atoms with van der Waals surface area (Å²) in [4.78, 5) is 24.9. The number of amides is 2. The number of anilines is 2. The van der Waals surface area contributed by atoms with Crippen LogP contribution in [-0.2, 0) is 9.53 Å². The third-order valence-corrected chi connectivity index (χ3v) is 4.40. The summed E-state index contributed by atoms with van der Waals surface area (Å²) in [5.74, 6) is -0.0719. The number of aromatic nitrogens is 2. The van der Waals surface area contributed by atoms with Crippen molar-refractivity contribution in [2.75, 3.05) is 24.4 Å². The van der Waals surface area contributed by atoms with Crippen LogP contribution < -0.4 is 10.6 Å². The van der Waals surface area contributed by atoms with Crippen molar-refractivity contribution < 1.29 is 18.7 Å². The number of hydrogen-bond acceptors (Lipinski definition) is 5. The van der Waals surface area contributed by atoms with E-state index in [0.717, 1.165) is 5.69 Å². The van der Waals surface area contributed by atoms with E-state index in [1.165, 1.54) is 7.11 Å². The summed E-state index contributed by atoms with van der Waals surface area (Å²) in [7, 11) is 1.45. The normalized spacial score (nSPS) is 10.6. The van der Waals surface area contributed by atoms with E-state index in [-0.39, 0.29) is 18.4 Å². The lowest BCUT2D eigenvalue weighted by Gasteiger charge is -2.10. The van der Waals surface area contributed by atoms with Crippen molar-refractivity contribution in [3.8, 4) is 17.1 Å². The summed E-state index contributed by atoms with van der Waals surface area (Å²) in [5, 5.41) is 10.1. The first kappa shape index (κ1) is 20.1. The molecule has 2 heterocycles. The van der Waals surface area contributed by atoms with Crippen molar-refractivity contribution in [1.29, 1.82) is 0 Å². The molecule has 156 valence electrons. The first-order chi connectivity index (χ1) is 15.1. The van der Waals surface area contributed by atoms with E-state index >= 15 is 0 Å². The maximum atomic E-state index is 13.1. The number of hydrogen-bond donors (Lipinski definition) is 2. The Kier molecular flexibility index (Phi) is 5.91. The SMILES string of the molecule is COCC(=O)Nc1cccc(NC(=O)c2cc(-c3ccco3)nn2-c2ccccc2)c1. The van der Waals surface area contributed by atoms with Crippen LogP contribution in [0.1, 0.15) is 10.5 Å². The topological polar surface area (TPSA) is 98.4 Å². The van der Waals surface area contributed by atoms with Gasteiger partial charge in [0.25, 0.3) is 5.91 Å². The largest absolute Gasteiger partial charge is 0.463 e. The average molecular weight is 416 g/mol. The monoisotopic (exact) mass is 416 g/mol. The fourth-order valence-corrected chi connectivity index (χ4v) is 3.05. The Morgan fingerprint density at radius 1 is 0.968 bits per heavy atom. The highest BCUT2D eigenvalue weighted by Gasteiger charge is 2.19. The van der Waals surface area contributed by atoms with Crippen LogP contribution in [-0.4, -0.2) is 35.3 Å². The van der Waals surface area contributed by atoms with Crippen LogP contribution in [0, 0.1) is 0 Å². The van der Waals surface area contributed by atoms with Crippen molar-refractivity contribution in [3.05, 3.63) is 84.8 Å². The van der Waals surface area contributed by atoms with Gasteiger partial charge in [0.05, 0.1) is 12.0 Å². The maximum absolute atomic E-state index is 13.1. The molecule has 0 saturated carbocycles. The Bertz CT molecular complexity index is 1180. The van der Waals surface area contributed by atoms with Crippen LogP contribution in [0.15, 0.2) is 83.5 Å². The Labute approximate surface area is 178 Å².